The number of hydrogen-bond acceptors (Lipinski definition) is 2. The lowest BCUT2D eigenvalue weighted by Gasteiger charge is -2.10. The van der Waals surface area contributed by atoms with Gasteiger partial charge in [0.25, 0.3) is 0 Å². The summed E-state index contributed by atoms with van der Waals surface area (Å²) in [5.41, 5.74) is -0.700. The van der Waals surface area contributed by atoms with Gasteiger partial charge in [0.05, 0.1) is 5.56 Å². The monoisotopic (exact) mass is 219 g/mol. The molecule has 0 amide bonds. The first-order valence-electron chi connectivity index (χ1n) is 4.09. The molecule has 0 heterocycles. The van der Waals surface area contributed by atoms with Crippen molar-refractivity contribution >= 4 is 0 Å². The molecule has 0 aliphatic rings. The normalized spacial score (nSPS) is 11.5. The minimum absolute atomic E-state index is 0.0536. The van der Waals surface area contributed by atoms with Gasteiger partial charge in [-0.2, -0.15) is 13.2 Å². The fourth-order valence-electron chi connectivity index (χ4n) is 1.22. The summed E-state index contributed by atoms with van der Waals surface area (Å²) >= 11 is 0. The minimum atomic E-state index is -4.46. The Hall–Kier alpha value is -1.59. The summed E-state index contributed by atoms with van der Waals surface area (Å²) in [6.45, 7) is 0.724. The molecule has 3 nitrogen and oxygen atoms in total. The highest BCUT2D eigenvalue weighted by Gasteiger charge is 2.32. The number of hydrogen-bond donors (Lipinski definition) is 0. The van der Waals surface area contributed by atoms with E-state index in [2.05, 4.69) is 0 Å². The average Bonchev–Trinajstić information content (AvgIpc) is 2.05. The van der Waals surface area contributed by atoms with Gasteiger partial charge in [0.15, 0.2) is 0 Å². The van der Waals surface area contributed by atoms with Gasteiger partial charge in [-0.1, -0.05) is 12.1 Å². The lowest BCUT2D eigenvalue weighted by atomic mass is 10.0. The molecule has 1 aromatic carbocycles. The van der Waals surface area contributed by atoms with Gasteiger partial charge in [0.2, 0.25) is 6.54 Å². The van der Waals surface area contributed by atoms with Gasteiger partial charge in [-0.3, -0.25) is 10.1 Å². The fourth-order valence-corrected chi connectivity index (χ4v) is 1.22. The van der Waals surface area contributed by atoms with Crippen LogP contribution in [0.2, 0.25) is 0 Å². The van der Waals surface area contributed by atoms with Crippen molar-refractivity contribution in [2.45, 2.75) is 19.6 Å². The van der Waals surface area contributed by atoms with Gasteiger partial charge in [-0.05, 0) is 18.6 Å². The van der Waals surface area contributed by atoms with Crippen molar-refractivity contribution in [2.24, 2.45) is 0 Å². The second-order valence-corrected chi connectivity index (χ2v) is 3.14. The van der Waals surface area contributed by atoms with Crippen LogP contribution in [-0.4, -0.2) is 4.92 Å². The summed E-state index contributed by atoms with van der Waals surface area (Å²) in [5.74, 6) is 0. The molecule has 0 N–H and O–H groups in total. The summed E-state index contributed by atoms with van der Waals surface area (Å²) < 4.78 is 37.2. The van der Waals surface area contributed by atoms with Crippen LogP contribution < -0.4 is 0 Å². The summed E-state index contributed by atoms with van der Waals surface area (Å²) in [5, 5.41) is 10.1. The standard InChI is InChI=1S/C9H8F3NO2/c1-6-2-3-7(5-13(14)15)4-8(6)9(10,11)12/h2-4H,5H2,1H3. The van der Waals surface area contributed by atoms with Gasteiger partial charge in [-0.25, -0.2) is 0 Å². The molecule has 0 bridgehead atoms. The van der Waals surface area contributed by atoms with Crippen LogP contribution in [0.15, 0.2) is 18.2 Å². The molecule has 0 fully saturated rings. The fraction of sp³-hybridized carbons (Fsp3) is 0.333. The second-order valence-electron chi connectivity index (χ2n) is 3.14. The molecule has 0 unspecified atom stereocenters. The van der Waals surface area contributed by atoms with Gasteiger partial charge in [0, 0.05) is 10.5 Å². The van der Waals surface area contributed by atoms with Gasteiger partial charge in [0.1, 0.15) is 0 Å². The summed E-state index contributed by atoms with van der Waals surface area (Å²) in [7, 11) is 0. The molecule has 0 radical (unpaired) electrons. The van der Waals surface area contributed by atoms with Crippen molar-refractivity contribution in [3.05, 3.63) is 45.0 Å². The van der Waals surface area contributed by atoms with Crippen molar-refractivity contribution in [1.29, 1.82) is 0 Å². The van der Waals surface area contributed by atoms with Crippen LogP contribution in [0, 0.1) is 17.0 Å². The highest BCUT2D eigenvalue weighted by Crippen LogP contribution is 2.32. The SMILES string of the molecule is Cc1ccc(C[N+](=O)[O-])cc1C(F)(F)F. The van der Waals surface area contributed by atoms with Crippen LogP contribution in [0.25, 0.3) is 0 Å². The van der Waals surface area contributed by atoms with Crippen LogP contribution in [0.1, 0.15) is 16.7 Å². The van der Waals surface area contributed by atoms with E-state index in [-0.39, 0.29) is 11.1 Å². The summed E-state index contributed by atoms with van der Waals surface area (Å²) in [6.07, 6.45) is -4.46. The Kier molecular flexibility index (Phi) is 2.97. The van der Waals surface area contributed by atoms with Crippen molar-refractivity contribution in [3.8, 4) is 0 Å². The van der Waals surface area contributed by atoms with Crippen LogP contribution in [0.5, 0.6) is 0 Å². The number of alkyl halides is 3. The molecule has 0 saturated heterocycles. The Labute approximate surface area is 83.7 Å². The lowest BCUT2D eigenvalue weighted by Crippen LogP contribution is -2.09. The Morgan fingerprint density at radius 2 is 2.00 bits per heavy atom. The number of rotatable bonds is 2. The highest BCUT2D eigenvalue weighted by atomic mass is 19.4. The van der Waals surface area contributed by atoms with E-state index >= 15 is 0 Å². The minimum Gasteiger partial charge on any atom is -0.264 e. The van der Waals surface area contributed by atoms with Crippen molar-refractivity contribution in [2.75, 3.05) is 0 Å². The maximum Gasteiger partial charge on any atom is 0.416 e. The molecule has 0 saturated carbocycles. The smallest absolute Gasteiger partial charge is 0.264 e. The number of aryl methyl sites for hydroxylation is 1. The maximum absolute atomic E-state index is 12.4. The number of nitrogens with zero attached hydrogens (tertiary/aromatic N) is 1. The van der Waals surface area contributed by atoms with Crippen molar-refractivity contribution < 1.29 is 18.1 Å². The number of nitro groups is 1. The molecular weight excluding hydrogens is 211 g/mol. The molecule has 0 aromatic heterocycles. The predicted molar refractivity (Wildman–Crippen MR) is 46.9 cm³/mol. The zero-order valence-corrected chi connectivity index (χ0v) is 7.84. The molecule has 15 heavy (non-hydrogen) atoms. The van der Waals surface area contributed by atoms with E-state index in [0.717, 1.165) is 6.07 Å². The van der Waals surface area contributed by atoms with E-state index in [4.69, 9.17) is 0 Å². The second kappa shape index (κ2) is 3.88. The molecule has 6 heteroatoms. The van der Waals surface area contributed by atoms with E-state index in [0.29, 0.717) is 0 Å². The molecule has 1 aromatic rings. The van der Waals surface area contributed by atoms with Crippen molar-refractivity contribution in [3.63, 3.8) is 0 Å². The van der Waals surface area contributed by atoms with E-state index < -0.39 is 23.2 Å². The van der Waals surface area contributed by atoms with E-state index in [1.54, 1.807) is 0 Å². The first-order valence-corrected chi connectivity index (χ1v) is 4.09. The third-order valence-corrected chi connectivity index (χ3v) is 1.92. The maximum atomic E-state index is 12.4. The van der Waals surface area contributed by atoms with E-state index in [9.17, 15) is 23.3 Å². The Morgan fingerprint density at radius 1 is 1.40 bits per heavy atom. The molecule has 0 atom stereocenters. The zero-order valence-electron chi connectivity index (χ0n) is 7.84. The van der Waals surface area contributed by atoms with E-state index in [1.807, 2.05) is 0 Å². The third kappa shape index (κ3) is 2.93. The van der Waals surface area contributed by atoms with Gasteiger partial charge in [-0.15, -0.1) is 0 Å². The Morgan fingerprint density at radius 3 is 2.47 bits per heavy atom. The topological polar surface area (TPSA) is 43.1 Å². The van der Waals surface area contributed by atoms with Gasteiger partial charge >= 0.3 is 6.18 Å². The highest BCUT2D eigenvalue weighted by molar-refractivity contribution is 5.32. The largest absolute Gasteiger partial charge is 0.416 e. The molecule has 0 aliphatic carbocycles. The van der Waals surface area contributed by atoms with Crippen molar-refractivity contribution in [1.82, 2.24) is 0 Å². The molecule has 0 spiro atoms. The molecule has 1 rings (SSSR count). The van der Waals surface area contributed by atoms with Crippen LogP contribution in [-0.2, 0) is 12.7 Å². The van der Waals surface area contributed by atoms with Crippen LogP contribution in [0.4, 0.5) is 13.2 Å². The first-order chi connectivity index (χ1) is 6.80. The Bertz CT molecular complexity index is 387. The predicted octanol–water partition coefficient (Wildman–Crippen LogP) is 2.79. The lowest BCUT2D eigenvalue weighted by molar-refractivity contribution is -0.496. The van der Waals surface area contributed by atoms with Crippen LogP contribution >= 0.6 is 0 Å². The van der Waals surface area contributed by atoms with E-state index in [1.165, 1.54) is 19.1 Å². The van der Waals surface area contributed by atoms with Gasteiger partial charge < -0.3 is 0 Å². The molecular formula is C9H8F3NO2. The molecule has 82 valence electrons. The quantitative estimate of drug-likeness (QED) is 0.567. The Balaban J connectivity index is 3.11. The molecule has 0 aliphatic heterocycles. The number of halogens is 3. The summed E-state index contributed by atoms with van der Waals surface area (Å²) in [6, 6.07) is 3.38. The first kappa shape index (κ1) is 11.5. The average molecular weight is 219 g/mol. The zero-order chi connectivity index (χ0) is 11.6. The number of benzene rings is 1. The summed E-state index contributed by atoms with van der Waals surface area (Å²) in [4.78, 5) is 9.48. The van der Waals surface area contributed by atoms with Crippen LogP contribution in [0.3, 0.4) is 0 Å². The third-order valence-electron chi connectivity index (χ3n) is 1.92.